The maximum atomic E-state index is 12.7. The van der Waals surface area contributed by atoms with Crippen molar-refractivity contribution in [2.24, 2.45) is 0 Å². The Morgan fingerprint density at radius 3 is 2.61 bits per heavy atom. The Labute approximate surface area is 147 Å². The van der Waals surface area contributed by atoms with Gasteiger partial charge in [0, 0.05) is 5.38 Å². The second kappa shape index (κ2) is 5.74. The smallest absolute Gasteiger partial charge is 0.236 e. The molecule has 2 heterocycles. The van der Waals surface area contributed by atoms with Crippen molar-refractivity contribution in [1.82, 2.24) is 4.98 Å². The normalized spacial score (nSPS) is 15.3. The van der Waals surface area contributed by atoms with E-state index in [2.05, 4.69) is 10.3 Å². The van der Waals surface area contributed by atoms with Crippen molar-refractivity contribution in [3.63, 3.8) is 0 Å². The number of carbonyl (C=O) groups is 1. The number of carbonyl (C=O) groups excluding carboxylic acids is 1. The number of rotatable bonds is 4. The zero-order valence-corrected chi connectivity index (χ0v) is 14.5. The van der Waals surface area contributed by atoms with Gasteiger partial charge in [-0.25, -0.2) is 4.98 Å². The first-order chi connectivity index (χ1) is 11.2. The van der Waals surface area contributed by atoms with Gasteiger partial charge in [-0.05, 0) is 30.5 Å². The van der Waals surface area contributed by atoms with Crippen LogP contribution in [0.25, 0.3) is 10.6 Å². The third-order valence-electron chi connectivity index (χ3n) is 4.06. The van der Waals surface area contributed by atoms with Crippen LogP contribution in [0.5, 0.6) is 0 Å². The summed E-state index contributed by atoms with van der Waals surface area (Å²) in [6, 6.07) is 13.8. The summed E-state index contributed by atoms with van der Waals surface area (Å²) in [5.41, 5.74) is 1.56. The molecule has 0 spiro atoms. The van der Waals surface area contributed by atoms with E-state index in [4.69, 9.17) is 11.6 Å². The van der Waals surface area contributed by atoms with Gasteiger partial charge in [0.2, 0.25) is 5.91 Å². The van der Waals surface area contributed by atoms with Gasteiger partial charge in [0.15, 0.2) is 5.13 Å². The summed E-state index contributed by atoms with van der Waals surface area (Å²) < 4.78 is 0.736. The molecule has 1 aliphatic rings. The fourth-order valence-electron chi connectivity index (χ4n) is 2.64. The van der Waals surface area contributed by atoms with Gasteiger partial charge >= 0.3 is 0 Å². The van der Waals surface area contributed by atoms with Crippen LogP contribution in [0.3, 0.4) is 0 Å². The molecule has 2 aromatic heterocycles. The summed E-state index contributed by atoms with van der Waals surface area (Å²) >= 11 is 8.89. The number of hydrogen-bond acceptors (Lipinski definition) is 4. The highest BCUT2D eigenvalue weighted by Gasteiger charge is 2.51. The molecule has 0 saturated heterocycles. The van der Waals surface area contributed by atoms with Crippen LogP contribution in [0, 0.1) is 0 Å². The average Bonchev–Trinajstić information content (AvgIpc) is 3.07. The van der Waals surface area contributed by atoms with Gasteiger partial charge < -0.3 is 5.32 Å². The van der Waals surface area contributed by atoms with Crippen LogP contribution in [0.2, 0.25) is 4.34 Å². The number of aromatic nitrogens is 1. The van der Waals surface area contributed by atoms with Crippen molar-refractivity contribution in [3.8, 4) is 10.6 Å². The van der Waals surface area contributed by atoms with E-state index >= 15 is 0 Å². The Balaban J connectivity index is 1.53. The Kier molecular flexibility index (Phi) is 3.71. The van der Waals surface area contributed by atoms with Gasteiger partial charge in [-0.15, -0.1) is 22.7 Å². The molecule has 1 amide bonds. The second-order valence-electron chi connectivity index (χ2n) is 5.54. The highest BCUT2D eigenvalue weighted by Crippen LogP contribution is 2.49. The van der Waals surface area contributed by atoms with Crippen LogP contribution in [0.1, 0.15) is 18.4 Å². The van der Waals surface area contributed by atoms with Crippen LogP contribution in [-0.2, 0) is 10.2 Å². The van der Waals surface area contributed by atoms with Gasteiger partial charge in [0.1, 0.15) is 0 Å². The average molecular weight is 361 g/mol. The zero-order chi connectivity index (χ0) is 15.9. The minimum Gasteiger partial charge on any atom is -0.301 e. The Morgan fingerprint density at radius 2 is 1.96 bits per heavy atom. The van der Waals surface area contributed by atoms with Crippen molar-refractivity contribution < 1.29 is 4.79 Å². The van der Waals surface area contributed by atoms with Crippen molar-refractivity contribution in [3.05, 3.63) is 57.7 Å². The molecule has 23 heavy (non-hydrogen) atoms. The molecule has 1 N–H and O–H groups in total. The van der Waals surface area contributed by atoms with Gasteiger partial charge in [0.05, 0.1) is 20.3 Å². The molecule has 0 atom stereocenters. The van der Waals surface area contributed by atoms with Gasteiger partial charge in [0.25, 0.3) is 0 Å². The van der Waals surface area contributed by atoms with E-state index in [1.165, 1.54) is 22.7 Å². The lowest BCUT2D eigenvalue weighted by Gasteiger charge is -2.14. The highest BCUT2D eigenvalue weighted by molar-refractivity contribution is 7.20. The Bertz CT molecular complexity index is 852. The SMILES string of the molecule is O=C(Nc1nc(-c2ccc(Cl)s2)cs1)C1(c2ccccc2)CC1. The minimum absolute atomic E-state index is 0.0359. The van der Waals surface area contributed by atoms with Crippen molar-refractivity contribution in [2.45, 2.75) is 18.3 Å². The molecule has 1 aromatic carbocycles. The van der Waals surface area contributed by atoms with Gasteiger partial charge in [-0.1, -0.05) is 41.9 Å². The fraction of sp³-hybridized carbons (Fsp3) is 0.176. The number of halogens is 1. The monoisotopic (exact) mass is 360 g/mol. The standard InChI is InChI=1S/C17H13ClN2OS2/c18-14-7-6-13(23-14)12-10-22-16(19-12)20-15(21)17(8-9-17)11-4-2-1-3-5-11/h1-7,10H,8-9H2,(H,19,20,21). The fourth-order valence-corrected chi connectivity index (χ4v) is 4.43. The number of benzene rings is 1. The number of amides is 1. The molecule has 0 radical (unpaired) electrons. The molecule has 116 valence electrons. The number of anilines is 1. The van der Waals surface area contributed by atoms with Crippen molar-refractivity contribution in [2.75, 3.05) is 5.32 Å². The van der Waals surface area contributed by atoms with Crippen LogP contribution in [0.4, 0.5) is 5.13 Å². The summed E-state index contributed by atoms with van der Waals surface area (Å²) in [7, 11) is 0. The molecule has 1 aliphatic carbocycles. The predicted octanol–water partition coefficient (Wildman–Crippen LogP) is 5.20. The molecule has 3 aromatic rings. The first-order valence-electron chi connectivity index (χ1n) is 7.26. The first-order valence-corrected chi connectivity index (χ1v) is 9.33. The maximum absolute atomic E-state index is 12.7. The van der Waals surface area contributed by atoms with Gasteiger partial charge in [-0.2, -0.15) is 0 Å². The molecule has 0 unspecified atom stereocenters. The van der Waals surface area contributed by atoms with E-state index in [1.807, 2.05) is 47.8 Å². The molecular formula is C17H13ClN2OS2. The second-order valence-corrected chi connectivity index (χ2v) is 8.12. The third kappa shape index (κ3) is 2.80. The first kappa shape index (κ1) is 14.9. The highest BCUT2D eigenvalue weighted by atomic mass is 35.5. The van der Waals surface area contributed by atoms with Crippen LogP contribution < -0.4 is 5.32 Å². The number of nitrogens with one attached hydrogen (secondary N) is 1. The summed E-state index contributed by atoms with van der Waals surface area (Å²) in [6.45, 7) is 0. The molecule has 0 bridgehead atoms. The van der Waals surface area contributed by atoms with Crippen LogP contribution in [-0.4, -0.2) is 10.9 Å². The molecule has 6 heteroatoms. The van der Waals surface area contributed by atoms with E-state index < -0.39 is 0 Å². The van der Waals surface area contributed by atoms with Crippen LogP contribution >= 0.6 is 34.3 Å². The largest absolute Gasteiger partial charge is 0.301 e. The number of nitrogens with zero attached hydrogens (tertiary/aromatic N) is 1. The molecule has 3 nitrogen and oxygen atoms in total. The summed E-state index contributed by atoms with van der Waals surface area (Å²) in [6.07, 6.45) is 1.78. The van der Waals surface area contributed by atoms with Crippen molar-refractivity contribution >= 4 is 45.3 Å². The van der Waals surface area contributed by atoms with E-state index in [9.17, 15) is 4.79 Å². The van der Waals surface area contributed by atoms with E-state index in [-0.39, 0.29) is 11.3 Å². The number of hydrogen-bond donors (Lipinski definition) is 1. The molecule has 1 saturated carbocycles. The lowest BCUT2D eigenvalue weighted by atomic mass is 9.95. The number of thiazole rings is 1. The predicted molar refractivity (Wildman–Crippen MR) is 96.4 cm³/mol. The Morgan fingerprint density at radius 1 is 1.17 bits per heavy atom. The van der Waals surface area contributed by atoms with E-state index in [1.54, 1.807) is 0 Å². The zero-order valence-electron chi connectivity index (χ0n) is 12.1. The third-order valence-corrected chi connectivity index (χ3v) is 6.07. The summed E-state index contributed by atoms with van der Waals surface area (Å²) in [5, 5.41) is 5.56. The minimum atomic E-state index is -0.376. The topological polar surface area (TPSA) is 42.0 Å². The molecular weight excluding hydrogens is 348 g/mol. The summed E-state index contributed by atoms with van der Waals surface area (Å²) in [5.74, 6) is 0.0359. The molecule has 1 fully saturated rings. The maximum Gasteiger partial charge on any atom is 0.236 e. The Hall–Kier alpha value is -1.69. The van der Waals surface area contributed by atoms with Crippen LogP contribution in [0.15, 0.2) is 47.8 Å². The number of thiophene rings is 1. The van der Waals surface area contributed by atoms with E-state index in [0.717, 1.165) is 33.3 Å². The quantitative estimate of drug-likeness (QED) is 0.695. The molecule has 4 rings (SSSR count). The van der Waals surface area contributed by atoms with Crippen molar-refractivity contribution in [1.29, 1.82) is 0 Å². The molecule has 0 aliphatic heterocycles. The lowest BCUT2D eigenvalue weighted by molar-refractivity contribution is -0.118. The van der Waals surface area contributed by atoms with E-state index in [0.29, 0.717) is 5.13 Å². The lowest BCUT2D eigenvalue weighted by Crippen LogP contribution is -2.27. The van der Waals surface area contributed by atoms with Gasteiger partial charge in [-0.3, -0.25) is 4.79 Å². The summed E-state index contributed by atoms with van der Waals surface area (Å²) in [4.78, 5) is 18.2.